The van der Waals surface area contributed by atoms with Gasteiger partial charge in [-0.2, -0.15) is 0 Å². The lowest BCUT2D eigenvalue weighted by molar-refractivity contribution is -0.145. The van der Waals surface area contributed by atoms with Crippen LogP contribution in [-0.4, -0.2) is 36.2 Å². The zero-order valence-electron chi connectivity index (χ0n) is 18.0. The summed E-state index contributed by atoms with van der Waals surface area (Å²) in [5.41, 5.74) is 3.01. The van der Waals surface area contributed by atoms with Crippen molar-refractivity contribution >= 4 is 17.9 Å². The summed E-state index contributed by atoms with van der Waals surface area (Å²) >= 11 is 0. The summed E-state index contributed by atoms with van der Waals surface area (Å²) in [7, 11) is 0. The van der Waals surface area contributed by atoms with Gasteiger partial charge in [0.25, 0.3) is 0 Å². The summed E-state index contributed by atoms with van der Waals surface area (Å²) in [4.78, 5) is 35.0. The van der Waals surface area contributed by atoms with Crippen LogP contribution >= 0.6 is 0 Å². The number of hydrogen-bond donors (Lipinski definition) is 0. The Morgan fingerprint density at radius 3 is 2.34 bits per heavy atom. The van der Waals surface area contributed by atoms with Crippen LogP contribution in [0.3, 0.4) is 0 Å². The Kier molecular flexibility index (Phi) is 8.23. The van der Waals surface area contributed by atoms with Crippen molar-refractivity contribution in [2.75, 3.05) is 0 Å². The molecule has 6 nitrogen and oxygen atoms in total. The van der Waals surface area contributed by atoms with Gasteiger partial charge in [-0.05, 0) is 51.3 Å². The minimum absolute atomic E-state index is 0.111. The molecule has 1 fully saturated rings. The molecular weight excluding hydrogens is 372 g/mol. The Bertz CT molecular complexity index is 730. The second-order valence-electron chi connectivity index (χ2n) is 8.12. The molecule has 1 aliphatic heterocycles. The number of rotatable bonds is 2. The summed E-state index contributed by atoms with van der Waals surface area (Å²) < 4.78 is 16.5. The zero-order chi connectivity index (χ0) is 21.6. The fourth-order valence-electron chi connectivity index (χ4n) is 3.81. The third-order valence-electron chi connectivity index (χ3n) is 5.30. The van der Waals surface area contributed by atoms with Gasteiger partial charge in [0.2, 0.25) is 0 Å². The van der Waals surface area contributed by atoms with Crippen LogP contribution in [-0.2, 0) is 28.6 Å². The van der Waals surface area contributed by atoms with Crippen molar-refractivity contribution < 1.29 is 28.6 Å². The Labute approximate surface area is 173 Å². The van der Waals surface area contributed by atoms with Crippen molar-refractivity contribution in [1.82, 2.24) is 0 Å². The third-order valence-corrected chi connectivity index (χ3v) is 5.30. The van der Waals surface area contributed by atoms with Gasteiger partial charge < -0.3 is 14.2 Å². The Morgan fingerprint density at radius 1 is 1.00 bits per heavy atom. The van der Waals surface area contributed by atoms with Crippen LogP contribution in [0.25, 0.3) is 0 Å². The van der Waals surface area contributed by atoms with Gasteiger partial charge in [-0.1, -0.05) is 17.2 Å². The van der Waals surface area contributed by atoms with Gasteiger partial charge in [-0.3, -0.25) is 14.4 Å². The molecule has 2 rings (SSSR count). The summed E-state index contributed by atoms with van der Waals surface area (Å²) in [5, 5.41) is 0. The lowest BCUT2D eigenvalue weighted by Crippen LogP contribution is -2.21. The van der Waals surface area contributed by atoms with E-state index in [4.69, 9.17) is 14.2 Å². The average Bonchev–Trinajstić information content (AvgIpc) is 2.94. The molecule has 0 spiro atoms. The van der Waals surface area contributed by atoms with Crippen molar-refractivity contribution in [2.45, 2.75) is 85.0 Å². The van der Waals surface area contributed by atoms with Gasteiger partial charge in [0.1, 0.15) is 18.3 Å². The molecule has 0 aromatic rings. The fourth-order valence-corrected chi connectivity index (χ4v) is 3.81. The van der Waals surface area contributed by atoms with E-state index >= 15 is 0 Å². The molecule has 0 radical (unpaired) electrons. The van der Waals surface area contributed by atoms with Crippen molar-refractivity contribution in [3.05, 3.63) is 34.9 Å². The van der Waals surface area contributed by atoms with Gasteiger partial charge in [0, 0.05) is 32.6 Å². The minimum atomic E-state index is -0.412. The molecule has 6 heteroatoms. The number of esters is 3. The third kappa shape index (κ3) is 7.52. The molecular formula is C23H32O6. The van der Waals surface area contributed by atoms with Crippen molar-refractivity contribution in [1.29, 1.82) is 0 Å². The largest absolute Gasteiger partial charge is 0.458 e. The van der Waals surface area contributed by atoms with Crippen LogP contribution in [0, 0.1) is 5.92 Å². The number of fused-ring (bicyclic) bond motifs is 1. The highest BCUT2D eigenvalue weighted by Gasteiger charge is 2.33. The molecule has 1 heterocycles. The number of carbonyl (C=O) groups excluding carboxylic acids is 3. The van der Waals surface area contributed by atoms with E-state index in [0.29, 0.717) is 19.3 Å². The van der Waals surface area contributed by atoms with Crippen LogP contribution in [0.1, 0.15) is 66.7 Å². The lowest BCUT2D eigenvalue weighted by atomic mass is 9.90. The maximum Gasteiger partial charge on any atom is 0.306 e. The first-order valence-electron chi connectivity index (χ1n) is 10.2. The van der Waals surface area contributed by atoms with Crippen LogP contribution in [0.5, 0.6) is 0 Å². The first-order valence-corrected chi connectivity index (χ1v) is 10.2. The van der Waals surface area contributed by atoms with Crippen LogP contribution < -0.4 is 0 Å². The number of carbonyl (C=O) groups is 3. The van der Waals surface area contributed by atoms with E-state index < -0.39 is 6.10 Å². The van der Waals surface area contributed by atoms with Crippen LogP contribution in [0.15, 0.2) is 34.9 Å². The van der Waals surface area contributed by atoms with E-state index in [9.17, 15) is 14.4 Å². The smallest absolute Gasteiger partial charge is 0.306 e. The van der Waals surface area contributed by atoms with Gasteiger partial charge in [-0.25, -0.2) is 0 Å². The molecule has 2 aliphatic rings. The highest BCUT2D eigenvalue weighted by atomic mass is 16.6. The molecule has 0 unspecified atom stereocenters. The minimum Gasteiger partial charge on any atom is -0.458 e. The SMILES string of the molecule is CC(=O)O[C@@H]1/C=C(\C)CC[C@@H]2CC(=O)O[C@H]2/C=C(\C)C[C@H](OC(C)=O)/C(C)=C/C1. The highest BCUT2D eigenvalue weighted by molar-refractivity contribution is 5.72. The van der Waals surface area contributed by atoms with Gasteiger partial charge in [-0.15, -0.1) is 0 Å². The zero-order valence-corrected chi connectivity index (χ0v) is 18.0. The highest BCUT2D eigenvalue weighted by Crippen LogP contribution is 2.31. The first kappa shape index (κ1) is 22.9. The summed E-state index contributed by atoms with van der Waals surface area (Å²) in [6.45, 7) is 8.67. The average molecular weight is 405 g/mol. The van der Waals surface area contributed by atoms with E-state index in [1.165, 1.54) is 13.8 Å². The molecule has 0 amide bonds. The lowest BCUT2D eigenvalue weighted by Gasteiger charge is -2.22. The van der Waals surface area contributed by atoms with Crippen molar-refractivity contribution in [3.8, 4) is 0 Å². The number of hydrogen-bond acceptors (Lipinski definition) is 6. The van der Waals surface area contributed by atoms with E-state index in [1.54, 1.807) is 0 Å². The van der Waals surface area contributed by atoms with Crippen LogP contribution in [0.2, 0.25) is 0 Å². The standard InChI is InChI=1S/C23H32O6/c1-14-6-8-19-13-23(26)29-22(19)12-15(2)11-21(28-18(5)25)16(3)7-9-20(10-14)27-17(4)24/h7,10,12,19-22H,6,8-9,11,13H2,1-5H3/b14-10+,15-12+,16-7+/t19-,20+,21+,22+/m1/s1. The molecule has 0 N–H and O–H groups in total. The molecule has 0 bridgehead atoms. The first-order chi connectivity index (χ1) is 13.6. The van der Waals surface area contributed by atoms with Crippen molar-refractivity contribution in [3.63, 3.8) is 0 Å². The molecule has 29 heavy (non-hydrogen) atoms. The van der Waals surface area contributed by atoms with E-state index in [2.05, 4.69) is 0 Å². The molecule has 4 atom stereocenters. The predicted molar refractivity (Wildman–Crippen MR) is 109 cm³/mol. The normalized spacial score (nSPS) is 34.1. The molecule has 160 valence electrons. The number of ether oxygens (including phenoxy) is 3. The molecule has 1 saturated heterocycles. The van der Waals surface area contributed by atoms with E-state index in [-0.39, 0.29) is 36.0 Å². The summed E-state index contributed by atoms with van der Waals surface area (Å²) in [6.07, 6.45) is 7.93. The Morgan fingerprint density at radius 2 is 1.69 bits per heavy atom. The topological polar surface area (TPSA) is 78.9 Å². The fraction of sp³-hybridized carbons (Fsp3) is 0.609. The van der Waals surface area contributed by atoms with Gasteiger partial charge in [0.05, 0.1) is 6.42 Å². The predicted octanol–water partition coefficient (Wildman–Crippen LogP) is 4.19. The summed E-state index contributed by atoms with van der Waals surface area (Å²) in [5.74, 6) is -0.759. The second kappa shape index (κ2) is 10.4. The van der Waals surface area contributed by atoms with E-state index in [0.717, 1.165) is 29.6 Å². The molecule has 0 aromatic carbocycles. The summed E-state index contributed by atoms with van der Waals surface area (Å²) in [6, 6.07) is 0. The Balaban J connectivity index is 2.36. The van der Waals surface area contributed by atoms with Crippen LogP contribution in [0.4, 0.5) is 0 Å². The number of allylic oxidation sites excluding steroid dienone is 1. The maximum atomic E-state index is 11.9. The van der Waals surface area contributed by atoms with E-state index in [1.807, 2.05) is 39.0 Å². The monoisotopic (exact) mass is 404 g/mol. The maximum absolute atomic E-state index is 11.9. The molecule has 0 aromatic heterocycles. The van der Waals surface area contributed by atoms with Gasteiger partial charge in [0.15, 0.2) is 0 Å². The second-order valence-corrected chi connectivity index (χ2v) is 8.12. The molecule has 1 aliphatic carbocycles. The molecule has 0 saturated carbocycles. The van der Waals surface area contributed by atoms with Crippen molar-refractivity contribution in [2.24, 2.45) is 5.92 Å². The quantitative estimate of drug-likeness (QED) is 0.390. The van der Waals surface area contributed by atoms with Gasteiger partial charge >= 0.3 is 17.9 Å². The Hall–Kier alpha value is -2.37.